The van der Waals surface area contributed by atoms with Gasteiger partial charge in [-0.2, -0.15) is 0 Å². The van der Waals surface area contributed by atoms with Gasteiger partial charge >= 0.3 is 5.82 Å². The van der Waals surface area contributed by atoms with E-state index in [1.807, 2.05) is 0 Å². The number of pyridine rings is 1. The van der Waals surface area contributed by atoms with E-state index in [9.17, 15) is 10.1 Å². The minimum atomic E-state index is -0.440. The Labute approximate surface area is 100 Å². The first kappa shape index (κ1) is 11.8. The molecule has 5 nitrogen and oxygen atoms in total. The zero-order valence-corrected chi connectivity index (χ0v) is 10.1. The van der Waals surface area contributed by atoms with Crippen LogP contribution in [0.3, 0.4) is 0 Å². The molecule has 1 saturated carbocycles. The molecule has 0 aliphatic heterocycles. The van der Waals surface area contributed by atoms with Crippen molar-refractivity contribution in [2.24, 2.45) is 5.41 Å². The summed E-state index contributed by atoms with van der Waals surface area (Å²) in [6.07, 6.45) is 4.82. The molecule has 0 radical (unpaired) electrons. The van der Waals surface area contributed by atoms with Gasteiger partial charge in [0, 0.05) is 6.04 Å². The highest BCUT2D eigenvalue weighted by Crippen LogP contribution is 2.39. The van der Waals surface area contributed by atoms with Crippen LogP contribution in [0.4, 0.5) is 11.5 Å². The minimum absolute atomic E-state index is 0.0878. The highest BCUT2D eigenvalue weighted by Gasteiger charge is 2.35. The first-order valence-corrected chi connectivity index (χ1v) is 5.87. The van der Waals surface area contributed by atoms with Gasteiger partial charge in [-0.1, -0.05) is 20.3 Å². The van der Waals surface area contributed by atoms with Crippen molar-refractivity contribution in [2.45, 2.75) is 39.2 Å². The van der Waals surface area contributed by atoms with Gasteiger partial charge in [0.25, 0.3) is 0 Å². The van der Waals surface area contributed by atoms with E-state index in [0.29, 0.717) is 5.69 Å². The fraction of sp³-hybridized carbons (Fsp3) is 0.583. The highest BCUT2D eigenvalue weighted by molar-refractivity contribution is 5.57. The Kier molecular flexibility index (Phi) is 3.00. The van der Waals surface area contributed by atoms with Crippen LogP contribution in [0.1, 0.15) is 33.1 Å². The maximum atomic E-state index is 10.9. The van der Waals surface area contributed by atoms with E-state index in [0.717, 1.165) is 12.8 Å². The van der Waals surface area contributed by atoms with Crippen molar-refractivity contribution in [2.75, 3.05) is 5.32 Å². The second-order valence-corrected chi connectivity index (χ2v) is 5.21. The van der Waals surface area contributed by atoms with Crippen LogP contribution in [0, 0.1) is 15.5 Å². The third kappa shape index (κ3) is 2.38. The summed E-state index contributed by atoms with van der Waals surface area (Å²) in [6, 6.07) is 3.72. The molecule has 0 aromatic carbocycles. The second-order valence-electron chi connectivity index (χ2n) is 5.21. The van der Waals surface area contributed by atoms with E-state index < -0.39 is 4.92 Å². The van der Waals surface area contributed by atoms with Gasteiger partial charge in [-0.3, -0.25) is 0 Å². The molecule has 1 heterocycles. The molecule has 1 N–H and O–H groups in total. The predicted octanol–water partition coefficient (Wildman–Crippen LogP) is 2.98. The number of anilines is 1. The summed E-state index contributed by atoms with van der Waals surface area (Å²) < 4.78 is 0. The largest absolute Gasteiger partial charge is 0.386 e. The summed E-state index contributed by atoms with van der Waals surface area (Å²) in [5, 5.41) is 14.1. The average molecular weight is 235 g/mol. The quantitative estimate of drug-likeness (QED) is 0.646. The molecule has 1 aromatic rings. The van der Waals surface area contributed by atoms with Crippen LogP contribution < -0.4 is 5.32 Å². The number of rotatable bonds is 3. The Morgan fingerprint density at radius 2 is 2.35 bits per heavy atom. The molecule has 1 atom stereocenters. The van der Waals surface area contributed by atoms with Crippen molar-refractivity contribution in [3.63, 3.8) is 0 Å². The number of aromatic nitrogens is 1. The van der Waals surface area contributed by atoms with Gasteiger partial charge in [0.15, 0.2) is 0 Å². The van der Waals surface area contributed by atoms with Crippen LogP contribution in [-0.2, 0) is 0 Å². The molecule has 1 unspecified atom stereocenters. The number of hydrogen-bond donors (Lipinski definition) is 1. The molecule has 0 saturated heterocycles. The zero-order valence-electron chi connectivity index (χ0n) is 10.1. The van der Waals surface area contributed by atoms with Crippen molar-refractivity contribution >= 4 is 11.5 Å². The maximum Gasteiger partial charge on any atom is 0.386 e. The zero-order chi connectivity index (χ0) is 12.5. The summed E-state index contributed by atoms with van der Waals surface area (Å²) in [5.41, 5.74) is 0.710. The van der Waals surface area contributed by atoms with E-state index in [4.69, 9.17) is 0 Å². The summed E-state index contributed by atoms with van der Waals surface area (Å²) in [4.78, 5) is 14.2. The Balaban J connectivity index is 2.21. The fourth-order valence-corrected chi connectivity index (χ4v) is 2.44. The van der Waals surface area contributed by atoms with Gasteiger partial charge in [-0.05, 0) is 40.3 Å². The summed E-state index contributed by atoms with van der Waals surface area (Å²) in [5.74, 6) is -0.0878. The molecule has 1 aliphatic rings. The van der Waals surface area contributed by atoms with Crippen LogP contribution >= 0.6 is 0 Å². The van der Waals surface area contributed by atoms with E-state index >= 15 is 0 Å². The Bertz CT molecular complexity index is 432. The highest BCUT2D eigenvalue weighted by atomic mass is 16.6. The van der Waals surface area contributed by atoms with Gasteiger partial charge in [0.2, 0.25) is 0 Å². The van der Waals surface area contributed by atoms with E-state index in [1.54, 1.807) is 12.1 Å². The molecule has 1 aliphatic carbocycles. The molecule has 5 heteroatoms. The lowest BCUT2D eigenvalue weighted by Gasteiger charge is -2.28. The topological polar surface area (TPSA) is 68.1 Å². The smallest absolute Gasteiger partial charge is 0.375 e. The summed E-state index contributed by atoms with van der Waals surface area (Å²) in [6.45, 7) is 4.39. The summed E-state index contributed by atoms with van der Waals surface area (Å²) >= 11 is 0. The number of hydrogen-bond acceptors (Lipinski definition) is 4. The lowest BCUT2D eigenvalue weighted by molar-refractivity contribution is -0.388. The standard InChI is InChI=1S/C12H17N3O2/c1-12(2)7-3-6-10(12)14-9-5-4-8-13-11(9)15(16)17/h4-5,8,10,14H,3,6-7H2,1-2H3. The Hall–Kier alpha value is -1.65. The van der Waals surface area contributed by atoms with Crippen LogP contribution in [0.5, 0.6) is 0 Å². The summed E-state index contributed by atoms with van der Waals surface area (Å²) in [7, 11) is 0. The first-order chi connectivity index (χ1) is 8.00. The molecule has 1 fully saturated rings. The monoisotopic (exact) mass is 235 g/mol. The van der Waals surface area contributed by atoms with E-state index in [2.05, 4.69) is 24.1 Å². The molecule has 17 heavy (non-hydrogen) atoms. The molecule has 92 valence electrons. The van der Waals surface area contributed by atoms with Crippen LogP contribution in [0.15, 0.2) is 18.3 Å². The third-order valence-electron chi connectivity index (χ3n) is 3.55. The molecule has 1 aromatic heterocycles. The maximum absolute atomic E-state index is 10.9. The van der Waals surface area contributed by atoms with Crippen molar-refractivity contribution < 1.29 is 4.92 Å². The van der Waals surface area contributed by atoms with E-state index in [1.165, 1.54) is 12.6 Å². The molecule has 0 spiro atoms. The Morgan fingerprint density at radius 1 is 1.59 bits per heavy atom. The number of nitrogens with one attached hydrogen (secondary N) is 1. The van der Waals surface area contributed by atoms with Crippen LogP contribution in [-0.4, -0.2) is 15.9 Å². The lowest BCUT2D eigenvalue weighted by Crippen LogP contribution is -2.31. The first-order valence-electron chi connectivity index (χ1n) is 5.87. The molecular formula is C12H17N3O2. The van der Waals surface area contributed by atoms with Crippen LogP contribution in [0.25, 0.3) is 0 Å². The average Bonchev–Trinajstić information content (AvgIpc) is 2.59. The third-order valence-corrected chi connectivity index (χ3v) is 3.55. The van der Waals surface area contributed by atoms with Crippen molar-refractivity contribution in [1.29, 1.82) is 0 Å². The Morgan fingerprint density at radius 3 is 2.94 bits per heavy atom. The number of nitrogens with zero attached hydrogens (tertiary/aromatic N) is 2. The lowest BCUT2D eigenvalue weighted by atomic mass is 9.87. The van der Waals surface area contributed by atoms with Crippen molar-refractivity contribution in [1.82, 2.24) is 4.98 Å². The van der Waals surface area contributed by atoms with Crippen molar-refractivity contribution in [3.8, 4) is 0 Å². The van der Waals surface area contributed by atoms with Gasteiger partial charge in [0.1, 0.15) is 11.9 Å². The molecular weight excluding hydrogens is 218 g/mol. The number of nitro groups is 1. The van der Waals surface area contributed by atoms with E-state index in [-0.39, 0.29) is 17.3 Å². The minimum Gasteiger partial charge on any atom is -0.375 e. The molecule has 0 amide bonds. The SMILES string of the molecule is CC1(C)CCCC1Nc1cccnc1[N+](=O)[O-]. The normalized spacial score (nSPS) is 22.4. The van der Waals surface area contributed by atoms with Gasteiger partial charge < -0.3 is 15.4 Å². The van der Waals surface area contributed by atoms with Crippen molar-refractivity contribution in [3.05, 3.63) is 28.4 Å². The van der Waals surface area contributed by atoms with Gasteiger partial charge in [0.05, 0.1) is 0 Å². The molecule has 2 rings (SSSR count). The second kappa shape index (κ2) is 4.31. The fourth-order valence-electron chi connectivity index (χ4n) is 2.44. The predicted molar refractivity (Wildman–Crippen MR) is 65.9 cm³/mol. The van der Waals surface area contributed by atoms with Crippen LogP contribution in [0.2, 0.25) is 0 Å². The van der Waals surface area contributed by atoms with Gasteiger partial charge in [-0.15, -0.1) is 0 Å². The van der Waals surface area contributed by atoms with Gasteiger partial charge in [-0.25, -0.2) is 0 Å². The molecule has 0 bridgehead atoms.